The van der Waals surface area contributed by atoms with Crippen molar-refractivity contribution in [3.63, 3.8) is 0 Å². The van der Waals surface area contributed by atoms with Gasteiger partial charge in [-0.15, -0.1) is 0 Å². The summed E-state index contributed by atoms with van der Waals surface area (Å²) in [5, 5.41) is 9.76. The van der Waals surface area contributed by atoms with Gasteiger partial charge in [-0.25, -0.2) is 0 Å². The molecule has 0 unspecified atom stereocenters. The molecule has 0 atom stereocenters. The zero-order valence-electron chi connectivity index (χ0n) is 14.3. The lowest BCUT2D eigenvalue weighted by Crippen LogP contribution is -2.43. The Morgan fingerprint density at radius 1 is 0.960 bits per heavy atom. The highest BCUT2D eigenvalue weighted by molar-refractivity contribution is 6.30. The highest BCUT2D eigenvalue weighted by Gasteiger charge is 2.03. The fraction of sp³-hybridized carbons (Fsp3) is 0.263. The molecule has 5 nitrogen and oxygen atoms in total. The first-order valence-corrected chi connectivity index (χ1v) is 8.55. The zero-order chi connectivity index (χ0) is 17.9. The molecular weight excluding hydrogens is 336 g/mol. The van der Waals surface area contributed by atoms with Gasteiger partial charge >= 0.3 is 0 Å². The summed E-state index contributed by atoms with van der Waals surface area (Å²) in [6, 6.07) is 17.6. The number of carbonyl (C=O) groups excluding carboxylic acids is 1. The predicted octanol–water partition coefficient (Wildman–Crippen LogP) is 2.36. The van der Waals surface area contributed by atoms with Gasteiger partial charge in [0.05, 0.1) is 6.54 Å². The predicted molar refractivity (Wildman–Crippen MR) is 103 cm³/mol. The minimum Gasteiger partial charge on any atom is -0.354 e. The molecule has 6 heteroatoms. The van der Waals surface area contributed by atoms with Crippen molar-refractivity contribution in [3.05, 3.63) is 70.7 Å². The van der Waals surface area contributed by atoms with Crippen LogP contribution in [0.4, 0.5) is 0 Å². The van der Waals surface area contributed by atoms with Crippen molar-refractivity contribution in [2.75, 3.05) is 20.1 Å². The molecule has 0 aliphatic carbocycles. The number of benzene rings is 2. The van der Waals surface area contributed by atoms with Gasteiger partial charge in [0.2, 0.25) is 5.91 Å². The molecule has 0 saturated heterocycles. The quantitative estimate of drug-likeness (QED) is 0.526. The number of aliphatic imine (C=N–C) groups is 1. The van der Waals surface area contributed by atoms with Crippen molar-refractivity contribution >= 4 is 23.5 Å². The van der Waals surface area contributed by atoms with Gasteiger partial charge < -0.3 is 16.0 Å². The molecule has 0 fully saturated rings. The molecule has 0 aromatic heterocycles. The summed E-state index contributed by atoms with van der Waals surface area (Å²) in [7, 11) is 1.67. The number of halogens is 1. The minimum atomic E-state index is -0.0645. The summed E-state index contributed by atoms with van der Waals surface area (Å²) in [4.78, 5) is 16.0. The molecule has 3 N–H and O–H groups in total. The fourth-order valence-electron chi connectivity index (χ4n) is 2.23. The number of rotatable bonds is 7. The number of amides is 1. The second-order valence-corrected chi connectivity index (χ2v) is 5.93. The first-order chi connectivity index (χ1) is 12.2. The van der Waals surface area contributed by atoms with Crippen molar-refractivity contribution in [1.82, 2.24) is 16.0 Å². The van der Waals surface area contributed by atoms with Crippen LogP contribution in [0.25, 0.3) is 0 Å². The minimum absolute atomic E-state index is 0.0645. The van der Waals surface area contributed by atoms with Crippen LogP contribution in [0.3, 0.4) is 0 Å². The molecule has 0 aliphatic heterocycles. The van der Waals surface area contributed by atoms with Crippen LogP contribution >= 0.6 is 11.6 Å². The van der Waals surface area contributed by atoms with Crippen LogP contribution in [-0.2, 0) is 17.8 Å². The molecule has 132 valence electrons. The van der Waals surface area contributed by atoms with Gasteiger partial charge in [-0.05, 0) is 29.7 Å². The summed E-state index contributed by atoms with van der Waals surface area (Å²) in [5.74, 6) is 0.513. The molecule has 25 heavy (non-hydrogen) atoms. The van der Waals surface area contributed by atoms with E-state index in [1.165, 1.54) is 5.56 Å². The third-order valence-corrected chi connectivity index (χ3v) is 3.84. The third kappa shape index (κ3) is 7.27. The smallest absolute Gasteiger partial charge is 0.239 e. The van der Waals surface area contributed by atoms with Crippen molar-refractivity contribution in [2.24, 2.45) is 4.99 Å². The number of nitrogens with zero attached hydrogens (tertiary/aromatic N) is 1. The van der Waals surface area contributed by atoms with E-state index in [1.54, 1.807) is 7.05 Å². The second kappa shape index (κ2) is 10.4. The molecule has 2 aromatic carbocycles. The second-order valence-electron chi connectivity index (χ2n) is 5.49. The molecule has 0 radical (unpaired) electrons. The monoisotopic (exact) mass is 358 g/mol. The van der Waals surface area contributed by atoms with Gasteiger partial charge in [0.1, 0.15) is 0 Å². The van der Waals surface area contributed by atoms with Crippen molar-refractivity contribution in [1.29, 1.82) is 0 Å². The molecule has 1 amide bonds. The lowest BCUT2D eigenvalue weighted by Gasteiger charge is -2.12. The number of hydrogen-bond donors (Lipinski definition) is 3. The summed E-state index contributed by atoms with van der Waals surface area (Å²) < 4.78 is 0. The number of hydrogen-bond acceptors (Lipinski definition) is 2. The van der Waals surface area contributed by atoms with Crippen LogP contribution in [0.15, 0.2) is 59.6 Å². The topological polar surface area (TPSA) is 65.5 Å². The SMILES string of the molecule is CN=C(NCC(=O)NCCc1ccccc1)NCc1ccc(Cl)cc1. The molecule has 0 spiro atoms. The Balaban J connectivity index is 1.65. The molecule has 0 saturated carbocycles. The molecule has 0 aliphatic rings. The normalized spacial score (nSPS) is 11.0. The van der Waals surface area contributed by atoms with Gasteiger partial charge in [0, 0.05) is 25.2 Å². The van der Waals surface area contributed by atoms with E-state index < -0.39 is 0 Å². The van der Waals surface area contributed by atoms with Gasteiger partial charge in [0.25, 0.3) is 0 Å². The summed E-state index contributed by atoms with van der Waals surface area (Å²) in [5.41, 5.74) is 2.29. The maximum absolute atomic E-state index is 11.9. The highest BCUT2D eigenvalue weighted by atomic mass is 35.5. The Morgan fingerprint density at radius 2 is 1.68 bits per heavy atom. The van der Waals surface area contributed by atoms with E-state index in [2.05, 4.69) is 20.9 Å². The number of guanidine groups is 1. The largest absolute Gasteiger partial charge is 0.354 e. The molecule has 0 heterocycles. The first kappa shape index (κ1) is 18.8. The lowest BCUT2D eigenvalue weighted by molar-refractivity contribution is -0.119. The van der Waals surface area contributed by atoms with Crippen molar-refractivity contribution < 1.29 is 4.79 Å². The molecule has 2 rings (SSSR count). The van der Waals surface area contributed by atoms with E-state index in [0.717, 1.165) is 12.0 Å². The van der Waals surface area contributed by atoms with Crippen molar-refractivity contribution in [2.45, 2.75) is 13.0 Å². The van der Waals surface area contributed by atoms with Gasteiger partial charge in [0.15, 0.2) is 5.96 Å². The lowest BCUT2D eigenvalue weighted by atomic mass is 10.1. The highest BCUT2D eigenvalue weighted by Crippen LogP contribution is 2.08. The van der Waals surface area contributed by atoms with E-state index in [-0.39, 0.29) is 12.5 Å². The Morgan fingerprint density at radius 3 is 2.36 bits per heavy atom. The van der Waals surface area contributed by atoms with E-state index in [4.69, 9.17) is 11.6 Å². The standard InChI is InChI=1S/C19H23ClN4O/c1-21-19(23-13-16-7-9-17(20)10-8-16)24-14-18(25)22-12-11-15-5-3-2-4-6-15/h2-10H,11-14H2,1H3,(H,22,25)(H2,21,23,24). The third-order valence-electron chi connectivity index (χ3n) is 3.59. The maximum Gasteiger partial charge on any atom is 0.239 e. The van der Waals surface area contributed by atoms with Crippen LogP contribution in [0, 0.1) is 0 Å². The number of carbonyl (C=O) groups is 1. The zero-order valence-corrected chi connectivity index (χ0v) is 15.0. The Kier molecular flexibility index (Phi) is 7.79. The Bertz CT molecular complexity index is 686. The molecule has 0 bridgehead atoms. The molecular formula is C19H23ClN4O. The van der Waals surface area contributed by atoms with Crippen molar-refractivity contribution in [3.8, 4) is 0 Å². The summed E-state index contributed by atoms with van der Waals surface area (Å²) in [6.07, 6.45) is 0.816. The summed E-state index contributed by atoms with van der Waals surface area (Å²) in [6.45, 7) is 1.39. The Labute approximate surface area is 153 Å². The van der Waals surface area contributed by atoms with E-state index >= 15 is 0 Å². The van der Waals surface area contributed by atoms with E-state index in [1.807, 2.05) is 54.6 Å². The van der Waals surface area contributed by atoms with Gasteiger partial charge in [-0.2, -0.15) is 0 Å². The number of nitrogens with one attached hydrogen (secondary N) is 3. The van der Waals surface area contributed by atoms with E-state index in [0.29, 0.717) is 24.1 Å². The first-order valence-electron chi connectivity index (χ1n) is 8.17. The summed E-state index contributed by atoms with van der Waals surface area (Å²) >= 11 is 5.87. The van der Waals surface area contributed by atoms with Crippen LogP contribution in [0.2, 0.25) is 5.02 Å². The van der Waals surface area contributed by atoms with Crippen LogP contribution in [0.5, 0.6) is 0 Å². The van der Waals surface area contributed by atoms with E-state index in [9.17, 15) is 4.79 Å². The van der Waals surface area contributed by atoms with Gasteiger partial charge in [-0.3, -0.25) is 9.79 Å². The molecule has 2 aromatic rings. The fourth-order valence-corrected chi connectivity index (χ4v) is 2.35. The Hall–Kier alpha value is -2.53. The van der Waals surface area contributed by atoms with Crippen LogP contribution in [-0.4, -0.2) is 32.0 Å². The van der Waals surface area contributed by atoms with Crippen LogP contribution in [0.1, 0.15) is 11.1 Å². The van der Waals surface area contributed by atoms with Crippen LogP contribution < -0.4 is 16.0 Å². The average molecular weight is 359 g/mol. The average Bonchev–Trinajstić information content (AvgIpc) is 2.64. The van der Waals surface area contributed by atoms with Gasteiger partial charge in [-0.1, -0.05) is 54.1 Å². The maximum atomic E-state index is 11.9.